The fourth-order valence-corrected chi connectivity index (χ4v) is 3.33. The summed E-state index contributed by atoms with van der Waals surface area (Å²) < 4.78 is 5.95. The Morgan fingerprint density at radius 1 is 0.750 bits per heavy atom. The monoisotopic (exact) mass is 382 g/mol. The van der Waals surface area contributed by atoms with Gasteiger partial charge in [-0.1, -0.05) is 24.3 Å². The second-order valence-corrected chi connectivity index (χ2v) is 6.59. The third kappa shape index (κ3) is 2.77. The molecule has 0 fully saturated rings. The third-order valence-corrected chi connectivity index (χ3v) is 4.69. The molecule has 0 saturated heterocycles. The Balaban J connectivity index is 1.63. The lowest BCUT2D eigenvalue weighted by Gasteiger charge is -2.05. The zero-order valence-corrected chi connectivity index (χ0v) is 15.2. The number of furan rings is 1. The first-order valence-electron chi connectivity index (χ1n) is 8.55. The molecular weight excluding hydrogens is 372 g/mol. The van der Waals surface area contributed by atoms with Crippen LogP contribution in [-0.2, 0) is 0 Å². The van der Waals surface area contributed by atoms with Crippen LogP contribution in [0.2, 0.25) is 5.28 Å². The molecule has 2 aromatic heterocycles. The van der Waals surface area contributed by atoms with Crippen LogP contribution < -0.4 is 0 Å². The molecule has 0 amide bonds. The van der Waals surface area contributed by atoms with Crippen molar-refractivity contribution in [1.82, 2.24) is 15.0 Å². The quantitative estimate of drug-likeness (QED) is 0.395. The molecule has 0 bridgehead atoms. The predicted octanol–water partition coefficient (Wildman–Crippen LogP) is 5.63. The molecule has 6 heteroatoms. The summed E-state index contributed by atoms with van der Waals surface area (Å²) in [6.45, 7) is 0. The highest BCUT2D eigenvalue weighted by Gasteiger charge is 2.12. The Morgan fingerprint density at radius 3 is 2.21 bits per heavy atom. The number of nitriles is 1. The van der Waals surface area contributed by atoms with Gasteiger partial charge in [0.1, 0.15) is 11.2 Å². The minimum absolute atomic E-state index is 0.106. The van der Waals surface area contributed by atoms with E-state index in [-0.39, 0.29) is 5.28 Å². The van der Waals surface area contributed by atoms with Gasteiger partial charge in [-0.3, -0.25) is 0 Å². The van der Waals surface area contributed by atoms with Crippen molar-refractivity contribution in [2.45, 2.75) is 0 Å². The molecule has 2 heterocycles. The number of hydrogen-bond donors (Lipinski definition) is 0. The number of hydrogen-bond acceptors (Lipinski definition) is 5. The summed E-state index contributed by atoms with van der Waals surface area (Å²) in [6, 6.07) is 22.9. The lowest BCUT2D eigenvalue weighted by molar-refractivity contribution is 0.669. The van der Waals surface area contributed by atoms with Crippen molar-refractivity contribution in [3.63, 3.8) is 0 Å². The van der Waals surface area contributed by atoms with E-state index in [1.165, 1.54) is 0 Å². The smallest absolute Gasteiger partial charge is 0.226 e. The minimum atomic E-state index is 0.106. The number of benzene rings is 3. The highest BCUT2D eigenvalue weighted by molar-refractivity contribution is 6.28. The van der Waals surface area contributed by atoms with Gasteiger partial charge in [-0.2, -0.15) is 15.2 Å². The molecule has 5 aromatic rings. The van der Waals surface area contributed by atoms with E-state index in [2.05, 4.69) is 21.0 Å². The molecule has 0 atom stereocenters. The van der Waals surface area contributed by atoms with E-state index in [0.717, 1.165) is 33.1 Å². The summed E-state index contributed by atoms with van der Waals surface area (Å²) in [6.07, 6.45) is 0. The van der Waals surface area contributed by atoms with Gasteiger partial charge in [0.2, 0.25) is 5.28 Å². The van der Waals surface area contributed by atoms with Gasteiger partial charge in [0.15, 0.2) is 11.6 Å². The van der Waals surface area contributed by atoms with E-state index in [9.17, 15) is 0 Å². The Bertz CT molecular complexity index is 1380. The topological polar surface area (TPSA) is 75.6 Å². The number of fused-ring (bicyclic) bond motifs is 3. The van der Waals surface area contributed by atoms with E-state index in [0.29, 0.717) is 17.2 Å². The molecule has 0 saturated carbocycles. The maximum atomic E-state index is 8.95. The normalized spacial score (nSPS) is 11.0. The highest BCUT2D eigenvalue weighted by atomic mass is 35.5. The average Bonchev–Trinajstić information content (AvgIpc) is 3.11. The molecule has 0 aliphatic rings. The fourth-order valence-electron chi connectivity index (χ4n) is 3.17. The molecule has 0 aliphatic heterocycles. The van der Waals surface area contributed by atoms with Crippen LogP contribution in [0.5, 0.6) is 0 Å². The van der Waals surface area contributed by atoms with E-state index in [4.69, 9.17) is 21.3 Å². The van der Waals surface area contributed by atoms with Crippen molar-refractivity contribution in [3.8, 4) is 28.8 Å². The Kier molecular flexibility index (Phi) is 3.78. The lowest BCUT2D eigenvalue weighted by Crippen LogP contribution is -1.97. The van der Waals surface area contributed by atoms with Gasteiger partial charge in [0.25, 0.3) is 0 Å². The van der Waals surface area contributed by atoms with Crippen LogP contribution in [0.3, 0.4) is 0 Å². The largest absolute Gasteiger partial charge is 0.456 e. The van der Waals surface area contributed by atoms with Crippen LogP contribution in [0.15, 0.2) is 71.1 Å². The Labute approximate surface area is 164 Å². The van der Waals surface area contributed by atoms with E-state index < -0.39 is 0 Å². The minimum Gasteiger partial charge on any atom is -0.456 e. The van der Waals surface area contributed by atoms with Crippen molar-refractivity contribution in [2.24, 2.45) is 0 Å². The van der Waals surface area contributed by atoms with Gasteiger partial charge in [-0.05, 0) is 54.1 Å². The van der Waals surface area contributed by atoms with Gasteiger partial charge in [0.05, 0.1) is 11.6 Å². The Morgan fingerprint density at radius 2 is 1.43 bits per heavy atom. The predicted molar refractivity (Wildman–Crippen MR) is 108 cm³/mol. The van der Waals surface area contributed by atoms with Gasteiger partial charge in [-0.25, -0.2) is 4.98 Å². The summed E-state index contributed by atoms with van der Waals surface area (Å²) >= 11 is 6.15. The summed E-state index contributed by atoms with van der Waals surface area (Å²) in [5, 5.41) is 11.2. The summed E-state index contributed by atoms with van der Waals surface area (Å²) in [7, 11) is 0. The van der Waals surface area contributed by atoms with Crippen molar-refractivity contribution in [2.75, 3.05) is 0 Å². The standard InChI is InChI=1S/C22H11ClN4O/c23-22-26-20(14-7-5-13(12-24)6-8-14)25-21(27-22)15-9-10-17-16-3-1-2-4-18(16)28-19(17)11-15/h1-11H. The first-order valence-corrected chi connectivity index (χ1v) is 8.93. The SMILES string of the molecule is N#Cc1ccc(-c2nc(Cl)nc(-c3ccc4c(c3)oc3ccccc34)n2)cc1. The fraction of sp³-hybridized carbons (Fsp3) is 0. The van der Waals surface area contributed by atoms with Crippen molar-refractivity contribution in [1.29, 1.82) is 5.26 Å². The zero-order valence-electron chi connectivity index (χ0n) is 14.4. The average molecular weight is 383 g/mol. The zero-order chi connectivity index (χ0) is 19.1. The molecule has 5 nitrogen and oxygen atoms in total. The molecule has 0 unspecified atom stereocenters. The number of aromatic nitrogens is 3. The lowest BCUT2D eigenvalue weighted by atomic mass is 10.1. The van der Waals surface area contributed by atoms with Gasteiger partial charge in [0, 0.05) is 21.9 Å². The molecule has 0 aliphatic carbocycles. The van der Waals surface area contributed by atoms with E-state index in [1.54, 1.807) is 24.3 Å². The highest BCUT2D eigenvalue weighted by Crippen LogP contribution is 2.31. The summed E-state index contributed by atoms with van der Waals surface area (Å²) in [4.78, 5) is 13.1. The van der Waals surface area contributed by atoms with Crippen molar-refractivity contribution >= 4 is 33.5 Å². The van der Waals surface area contributed by atoms with E-state index in [1.807, 2.05) is 42.5 Å². The molecule has 0 radical (unpaired) electrons. The van der Waals surface area contributed by atoms with Crippen LogP contribution in [0, 0.1) is 11.3 Å². The van der Waals surface area contributed by atoms with Crippen LogP contribution in [0.1, 0.15) is 5.56 Å². The molecule has 28 heavy (non-hydrogen) atoms. The van der Waals surface area contributed by atoms with Crippen molar-refractivity contribution < 1.29 is 4.42 Å². The number of rotatable bonds is 2. The van der Waals surface area contributed by atoms with Gasteiger partial charge < -0.3 is 4.42 Å². The maximum absolute atomic E-state index is 8.95. The molecule has 0 spiro atoms. The third-order valence-electron chi connectivity index (χ3n) is 4.52. The number of nitrogens with zero attached hydrogens (tertiary/aromatic N) is 4. The van der Waals surface area contributed by atoms with Crippen LogP contribution in [-0.4, -0.2) is 15.0 Å². The molecule has 3 aromatic carbocycles. The summed E-state index contributed by atoms with van der Waals surface area (Å²) in [5.74, 6) is 0.908. The van der Waals surface area contributed by atoms with Crippen LogP contribution in [0.25, 0.3) is 44.7 Å². The summed E-state index contributed by atoms with van der Waals surface area (Å²) in [5.41, 5.74) is 3.70. The first-order chi connectivity index (χ1) is 13.7. The molecule has 5 rings (SSSR count). The maximum Gasteiger partial charge on any atom is 0.226 e. The Hall–Kier alpha value is -3.75. The van der Waals surface area contributed by atoms with E-state index >= 15 is 0 Å². The molecular formula is C22H11ClN4O. The molecule has 132 valence electrons. The second kappa shape index (κ2) is 6.45. The first kappa shape index (κ1) is 16.4. The van der Waals surface area contributed by atoms with Crippen LogP contribution >= 0.6 is 11.6 Å². The molecule has 0 N–H and O–H groups in total. The number of para-hydroxylation sites is 1. The number of halogens is 1. The van der Waals surface area contributed by atoms with Crippen LogP contribution in [0.4, 0.5) is 0 Å². The second-order valence-electron chi connectivity index (χ2n) is 6.25. The van der Waals surface area contributed by atoms with Gasteiger partial charge in [-0.15, -0.1) is 0 Å². The van der Waals surface area contributed by atoms with Gasteiger partial charge >= 0.3 is 0 Å². The van der Waals surface area contributed by atoms with Crippen molar-refractivity contribution in [3.05, 3.63) is 77.6 Å².